The molecule has 0 saturated carbocycles. The Bertz CT molecular complexity index is 280. The van der Waals surface area contributed by atoms with Gasteiger partial charge in [0, 0.05) is 5.57 Å². The molecule has 6 heteroatoms. The number of carbonyl (C=O) groups is 1. The van der Waals surface area contributed by atoms with Gasteiger partial charge in [0.05, 0.1) is 5.75 Å². The van der Waals surface area contributed by atoms with E-state index >= 15 is 0 Å². The summed E-state index contributed by atoms with van der Waals surface area (Å²) in [6.07, 6.45) is -0.0570. The second kappa shape index (κ2) is 4.22. The number of aliphatic carboxylic acids is 1. The first-order valence-electron chi connectivity index (χ1n) is 3.21. The van der Waals surface area contributed by atoms with Crippen LogP contribution < -0.4 is 4.72 Å². The standard InChI is InChI=1S/C6H11NO4S/c1-5(6(8)9)3-4-12(10,11)7-2/h7H,1,3-4H2,2H3,(H,8,9). The molecule has 0 fully saturated rings. The van der Waals surface area contributed by atoms with Crippen LogP contribution in [0.15, 0.2) is 12.2 Å². The van der Waals surface area contributed by atoms with Gasteiger partial charge in [-0.3, -0.25) is 0 Å². The Balaban J connectivity index is 4.02. The molecular formula is C6H11NO4S. The summed E-state index contributed by atoms with van der Waals surface area (Å²) < 4.78 is 23.6. The predicted octanol–water partition coefficient (Wildman–Crippen LogP) is -0.434. The highest BCUT2D eigenvalue weighted by Gasteiger charge is 2.10. The first kappa shape index (κ1) is 11.1. The molecule has 0 heterocycles. The third-order valence-electron chi connectivity index (χ3n) is 1.29. The van der Waals surface area contributed by atoms with Crippen molar-refractivity contribution in [1.82, 2.24) is 4.72 Å². The zero-order chi connectivity index (χ0) is 9.78. The lowest BCUT2D eigenvalue weighted by molar-refractivity contribution is -0.132. The van der Waals surface area contributed by atoms with Gasteiger partial charge in [-0.2, -0.15) is 0 Å². The van der Waals surface area contributed by atoms with E-state index in [2.05, 4.69) is 11.3 Å². The molecule has 0 spiro atoms. The van der Waals surface area contributed by atoms with Crippen LogP contribution in [0.4, 0.5) is 0 Å². The minimum absolute atomic E-state index is 0.0570. The minimum atomic E-state index is -3.32. The fraction of sp³-hybridized carbons (Fsp3) is 0.500. The molecule has 0 aromatic carbocycles. The summed E-state index contributed by atoms with van der Waals surface area (Å²) in [6, 6.07) is 0. The number of hydrogen-bond acceptors (Lipinski definition) is 3. The lowest BCUT2D eigenvalue weighted by Crippen LogP contribution is -2.22. The van der Waals surface area contributed by atoms with Crippen molar-refractivity contribution < 1.29 is 18.3 Å². The highest BCUT2D eigenvalue weighted by Crippen LogP contribution is 1.99. The summed E-state index contributed by atoms with van der Waals surface area (Å²) in [5, 5.41) is 8.34. The molecule has 0 saturated heterocycles. The van der Waals surface area contributed by atoms with Crippen LogP contribution in [0.5, 0.6) is 0 Å². The van der Waals surface area contributed by atoms with Crippen LogP contribution in [-0.4, -0.2) is 32.3 Å². The average Bonchev–Trinajstić information content (AvgIpc) is 2.00. The van der Waals surface area contributed by atoms with Crippen molar-refractivity contribution >= 4 is 16.0 Å². The maximum Gasteiger partial charge on any atom is 0.330 e. The van der Waals surface area contributed by atoms with E-state index in [1.54, 1.807) is 0 Å². The van der Waals surface area contributed by atoms with Crippen LogP contribution >= 0.6 is 0 Å². The van der Waals surface area contributed by atoms with Gasteiger partial charge in [0.15, 0.2) is 0 Å². The lowest BCUT2D eigenvalue weighted by atomic mass is 10.2. The largest absolute Gasteiger partial charge is 0.478 e. The molecule has 0 aliphatic rings. The van der Waals surface area contributed by atoms with Crippen LogP contribution in [0.1, 0.15) is 6.42 Å². The number of hydrogen-bond donors (Lipinski definition) is 2. The second-order valence-electron chi connectivity index (χ2n) is 2.18. The zero-order valence-electron chi connectivity index (χ0n) is 6.70. The van der Waals surface area contributed by atoms with Crippen molar-refractivity contribution in [3.63, 3.8) is 0 Å². The number of nitrogens with one attached hydrogen (secondary N) is 1. The zero-order valence-corrected chi connectivity index (χ0v) is 7.52. The van der Waals surface area contributed by atoms with Gasteiger partial charge in [-0.25, -0.2) is 17.9 Å². The molecule has 0 aromatic rings. The van der Waals surface area contributed by atoms with E-state index in [0.29, 0.717) is 0 Å². The molecule has 0 aromatic heterocycles. The Kier molecular flexibility index (Phi) is 3.91. The van der Waals surface area contributed by atoms with E-state index in [9.17, 15) is 13.2 Å². The number of carboxylic acid groups (broad SMARTS) is 1. The maximum atomic E-state index is 10.8. The third-order valence-corrected chi connectivity index (χ3v) is 2.65. The first-order valence-corrected chi connectivity index (χ1v) is 4.86. The van der Waals surface area contributed by atoms with Gasteiger partial charge in [-0.1, -0.05) is 6.58 Å². The van der Waals surface area contributed by atoms with E-state index in [-0.39, 0.29) is 17.7 Å². The number of sulfonamides is 1. The monoisotopic (exact) mass is 193 g/mol. The molecule has 0 atom stereocenters. The normalized spacial score (nSPS) is 11.1. The molecule has 0 aliphatic heterocycles. The lowest BCUT2D eigenvalue weighted by Gasteiger charge is -2.01. The van der Waals surface area contributed by atoms with Gasteiger partial charge in [-0.15, -0.1) is 0 Å². The SMILES string of the molecule is C=C(CCS(=O)(=O)NC)C(=O)O. The van der Waals surface area contributed by atoms with Crippen LogP contribution in [0.2, 0.25) is 0 Å². The molecular weight excluding hydrogens is 182 g/mol. The maximum absolute atomic E-state index is 10.8. The Morgan fingerprint density at radius 1 is 1.58 bits per heavy atom. The van der Waals surface area contributed by atoms with E-state index in [0.717, 1.165) is 0 Å². The van der Waals surface area contributed by atoms with Gasteiger partial charge in [-0.05, 0) is 13.5 Å². The van der Waals surface area contributed by atoms with Crippen LogP contribution in [0.3, 0.4) is 0 Å². The number of carboxylic acids is 1. The quantitative estimate of drug-likeness (QED) is 0.580. The van der Waals surface area contributed by atoms with Gasteiger partial charge < -0.3 is 5.11 Å². The summed E-state index contributed by atoms with van der Waals surface area (Å²) in [4.78, 5) is 10.2. The van der Waals surface area contributed by atoms with Gasteiger partial charge >= 0.3 is 5.97 Å². The van der Waals surface area contributed by atoms with Crippen molar-refractivity contribution in [2.24, 2.45) is 0 Å². The minimum Gasteiger partial charge on any atom is -0.478 e. The molecule has 0 unspecified atom stereocenters. The summed E-state index contributed by atoms with van der Waals surface area (Å²) in [5.74, 6) is -1.41. The Morgan fingerprint density at radius 3 is 2.42 bits per heavy atom. The number of rotatable bonds is 5. The molecule has 5 nitrogen and oxygen atoms in total. The van der Waals surface area contributed by atoms with Crippen LogP contribution in [0, 0.1) is 0 Å². The molecule has 0 aliphatic carbocycles. The molecule has 12 heavy (non-hydrogen) atoms. The summed E-state index contributed by atoms with van der Waals surface area (Å²) in [6.45, 7) is 3.20. The van der Waals surface area contributed by atoms with Gasteiger partial charge in [0.25, 0.3) is 0 Å². The predicted molar refractivity (Wildman–Crippen MR) is 44.2 cm³/mol. The highest BCUT2D eigenvalue weighted by atomic mass is 32.2. The molecule has 0 bridgehead atoms. The van der Waals surface area contributed by atoms with Crippen LogP contribution in [-0.2, 0) is 14.8 Å². The Morgan fingerprint density at radius 2 is 2.08 bits per heavy atom. The van der Waals surface area contributed by atoms with Crippen LogP contribution in [0.25, 0.3) is 0 Å². The Hall–Kier alpha value is -0.880. The molecule has 0 amide bonds. The van der Waals surface area contributed by atoms with E-state index in [4.69, 9.17) is 5.11 Å². The van der Waals surface area contributed by atoms with E-state index in [1.807, 2.05) is 0 Å². The fourth-order valence-corrected chi connectivity index (χ4v) is 1.19. The Labute approximate surface area is 71.1 Å². The van der Waals surface area contributed by atoms with Crippen molar-refractivity contribution in [1.29, 1.82) is 0 Å². The first-order chi connectivity index (χ1) is 5.39. The van der Waals surface area contributed by atoms with Gasteiger partial charge in [0.1, 0.15) is 0 Å². The second-order valence-corrected chi connectivity index (χ2v) is 4.23. The third kappa shape index (κ3) is 4.09. The van der Waals surface area contributed by atoms with Crippen molar-refractivity contribution in [3.05, 3.63) is 12.2 Å². The van der Waals surface area contributed by atoms with Crippen molar-refractivity contribution in [2.45, 2.75) is 6.42 Å². The van der Waals surface area contributed by atoms with E-state index < -0.39 is 16.0 Å². The van der Waals surface area contributed by atoms with Crippen molar-refractivity contribution in [3.8, 4) is 0 Å². The molecule has 2 N–H and O–H groups in total. The van der Waals surface area contributed by atoms with Crippen molar-refractivity contribution in [2.75, 3.05) is 12.8 Å². The summed E-state index contributed by atoms with van der Waals surface area (Å²) in [5.41, 5.74) is -0.103. The summed E-state index contributed by atoms with van der Waals surface area (Å²) in [7, 11) is -2.05. The molecule has 0 radical (unpaired) electrons. The summed E-state index contributed by atoms with van der Waals surface area (Å²) >= 11 is 0. The fourth-order valence-electron chi connectivity index (χ4n) is 0.467. The van der Waals surface area contributed by atoms with Gasteiger partial charge in [0.2, 0.25) is 10.0 Å². The average molecular weight is 193 g/mol. The smallest absolute Gasteiger partial charge is 0.330 e. The van der Waals surface area contributed by atoms with E-state index in [1.165, 1.54) is 7.05 Å². The topological polar surface area (TPSA) is 83.5 Å². The highest BCUT2D eigenvalue weighted by molar-refractivity contribution is 7.89. The molecule has 0 rings (SSSR count). The molecule has 70 valence electrons.